The molecule has 2 aliphatic rings. The number of aryl methyl sites for hydroxylation is 1. The van der Waals surface area contributed by atoms with E-state index < -0.39 is 5.63 Å². The Labute approximate surface area is 188 Å². The Morgan fingerprint density at radius 3 is 2.91 bits per heavy atom. The van der Waals surface area contributed by atoms with E-state index in [9.17, 15) is 9.90 Å². The van der Waals surface area contributed by atoms with E-state index in [4.69, 9.17) is 4.42 Å². The van der Waals surface area contributed by atoms with Crippen LogP contribution in [0.25, 0.3) is 22.2 Å². The van der Waals surface area contributed by atoms with Crippen LogP contribution in [0.5, 0.6) is 5.75 Å². The lowest BCUT2D eigenvalue weighted by molar-refractivity contribution is 0.461. The van der Waals surface area contributed by atoms with Crippen molar-refractivity contribution in [3.8, 4) is 17.0 Å². The first-order valence-corrected chi connectivity index (χ1v) is 11.7. The highest BCUT2D eigenvalue weighted by molar-refractivity contribution is 7.13. The highest BCUT2D eigenvalue weighted by atomic mass is 32.1. The van der Waals surface area contributed by atoms with Gasteiger partial charge in [0.25, 0.3) is 0 Å². The maximum atomic E-state index is 12.4. The van der Waals surface area contributed by atoms with Gasteiger partial charge in [-0.15, -0.1) is 11.3 Å². The number of hydrogen-bond donors (Lipinski definition) is 1. The Bertz CT molecular complexity index is 1430. The Balaban J connectivity index is 1.34. The molecule has 4 heterocycles. The minimum absolute atomic E-state index is 0.325. The molecule has 0 aliphatic carbocycles. The van der Waals surface area contributed by atoms with Gasteiger partial charge in [-0.05, 0) is 49.4 Å². The van der Waals surface area contributed by atoms with Gasteiger partial charge in [0.1, 0.15) is 11.3 Å². The molecule has 0 spiro atoms. The molecule has 32 heavy (non-hydrogen) atoms. The van der Waals surface area contributed by atoms with Crippen LogP contribution in [0.15, 0.2) is 56.0 Å². The highest BCUT2D eigenvalue weighted by Gasteiger charge is 2.27. The van der Waals surface area contributed by atoms with Crippen LogP contribution in [-0.2, 0) is 12.8 Å². The predicted molar refractivity (Wildman–Crippen MR) is 128 cm³/mol. The molecule has 4 aromatic rings. The average Bonchev–Trinajstić information content (AvgIpc) is 3.29. The van der Waals surface area contributed by atoms with Crippen molar-refractivity contribution in [2.24, 2.45) is 4.99 Å². The number of para-hydroxylation sites is 1. The van der Waals surface area contributed by atoms with Gasteiger partial charge in [-0.3, -0.25) is 0 Å². The van der Waals surface area contributed by atoms with Gasteiger partial charge in [-0.2, -0.15) is 0 Å². The van der Waals surface area contributed by atoms with E-state index >= 15 is 0 Å². The molecule has 160 valence electrons. The molecule has 2 aromatic heterocycles. The van der Waals surface area contributed by atoms with E-state index in [1.807, 2.05) is 23.6 Å². The van der Waals surface area contributed by atoms with Gasteiger partial charge in [0.05, 0.1) is 11.3 Å². The van der Waals surface area contributed by atoms with Crippen molar-refractivity contribution in [1.82, 2.24) is 4.98 Å². The maximum Gasteiger partial charge on any atom is 0.345 e. The molecule has 0 fully saturated rings. The van der Waals surface area contributed by atoms with Crippen molar-refractivity contribution >= 4 is 39.3 Å². The normalized spacial score (nSPS) is 15.4. The van der Waals surface area contributed by atoms with Crippen LogP contribution in [-0.4, -0.2) is 29.4 Å². The van der Waals surface area contributed by atoms with Crippen LogP contribution in [0.4, 0.5) is 10.8 Å². The number of anilines is 1. The molecule has 1 N–H and O–H groups in total. The minimum atomic E-state index is -0.416. The summed E-state index contributed by atoms with van der Waals surface area (Å²) in [6, 6.07) is 11.3. The topological polar surface area (TPSA) is 78.9 Å². The number of rotatable bonds is 3. The lowest BCUT2D eigenvalue weighted by Crippen LogP contribution is -2.34. The van der Waals surface area contributed by atoms with Crippen LogP contribution in [0.3, 0.4) is 0 Å². The third-order valence-corrected chi connectivity index (χ3v) is 7.00. The fourth-order valence-electron chi connectivity index (χ4n) is 4.78. The second-order valence-electron chi connectivity index (χ2n) is 8.25. The number of phenols is 1. The smallest absolute Gasteiger partial charge is 0.345 e. The number of aliphatic imine (C=N–C) groups is 1. The molecule has 0 saturated carbocycles. The average molecular weight is 444 g/mol. The van der Waals surface area contributed by atoms with Crippen LogP contribution in [0, 0.1) is 0 Å². The van der Waals surface area contributed by atoms with E-state index in [1.54, 1.807) is 18.3 Å². The van der Waals surface area contributed by atoms with Crippen molar-refractivity contribution in [1.29, 1.82) is 0 Å². The van der Waals surface area contributed by atoms with E-state index in [2.05, 4.69) is 20.9 Å². The zero-order valence-corrected chi connectivity index (χ0v) is 18.2. The lowest BCUT2D eigenvalue weighted by atomic mass is 9.89. The molecule has 7 heteroatoms. The highest BCUT2D eigenvalue weighted by Crippen LogP contribution is 2.41. The van der Waals surface area contributed by atoms with Crippen molar-refractivity contribution in [2.45, 2.75) is 25.7 Å². The second-order valence-corrected chi connectivity index (χ2v) is 9.09. The predicted octanol–water partition coefficient (Wildman–Crippen LogP) is 5.07. The van der Waals surface area contributed by atoms with E-state index in [0.717, 1.165) is 55.3 Å². The minimum Gasteiger partial charge on any atom is -0.507 e. The molecule has 2 aliphatic heterocycles. The number of fused-ring (bicyclic) bond motifs is 1. The van der Waals surface area contributed by atoms with Crippen molar-refractivity contribution < 1.29 is 9.52 Å². The molecule has 0 bridgehead atoms. The van der Waals surface area contributed by atoms with Gasteiger partial charge in [0.2, 0.25) is 5.13 Å². The summed E-state index contributed by atoms with van der Waals surface area (Å²) >= 11 is 1.35. The number of aromatic hydroxyl groups is 1. The quantitative estimate of drug-likeness (QED) is 0.353. The molecule has 0 saturated heterocycles. The van der Waals surface area contributed by atoms with Gasteiger partial charge in [0.15, 0.2) is 0 Å². The molecule has 6 rings (SSSR count). The molecule has 0 atom stereocenters. The summed E-state index contributed by atoms with van der Waals surface area (Å²) in [5.74, 6) is 0.325. The monoisotopic (exact) mass is 443 g/mol. The zero-order valence-electron chi connectivity index (χ0n) is 17.4. The second kappa shape index (κ2) is 7.60. The first-order chi connectivity index (χ1) is 15.7. The van der Waals surface area contributed by atoms with Gasteiger partial charge < -0.3 is 14.4 Å². The number of phenolic OH excluding ortho intramolecular Hbond substituents is 1. The van der Waals surface area contributed by atoms with Crippen LogP contribution in [0.1, 0.15) is 29.5 Å². The summed E-state index contributed by atoms with van der Waals surface area (Å²) in [6.45, 7) is 2.13. The summed E-state index contributed by atoms with van der Waals surface area (Å²) < 4.78 is 5.43. The van der Waals surface area contributed by atoms with Gasteiger partial charge in [-0.1, -0.05) is 18.2 Å². The number of thiazole rings is 1. The number of aromatic nitrogens is 1. The van der Waals surface area contributed by atoms with Crippen molar-refractivity contribution in [2.75, 3.05) is 18.0 Å². The Kier molecular flexibility index (Phi) is 4.57. The maximum absolute atomic E-state index is 12.4. The Hall–Kier alpha value is -3.45. The Morgan fingerprint density at radius 1 is 1.16 bits per heavy atom. The Morgan fingerprint density at radius 2 is 2.00 bits per heavy atom. The summed E-state index contributed by atoms with van der Waals surface area (Å²) in [5, 5.41) is 14.1. The number of hydrogen-bond acceptors (Lipinski definition) is 7. The first-order valence-electron chi connectivity index (χ1n) is 10.8. The van der Waals surface area contributed by atoms with Crippen LogP contribution < -0.4 is 10.5 Å². The number of benzene rings is 2. The summed E-state index contributed by atoms with van der Waals surface area (Å²) in [4.78, 5) is 23.9. The molecule has 0 radical (unpaired) electrons. The number of nitrogens with zero attached hydrogens (tertiary/aromatic N) is 3. The van der Waals surface area contributed by atoms with Gasteiger partial charge in [-0.25, -0.2) is 14.8 Å². The lowest BCUT2D eigenvalue weighted by Gasteiger charge is -2.37. The molecule has 0 unspecified atom stereocenters. The van der Waals surface area contributed by atoms with Crippen LogP contribution in [0.2, 0.25) is 0 Å². The molecular formula is C25H21N3O3S. The standard InChI is InChI=1S/C25H21N3O3S/c29-23-17(11-16-6-3-9-28-10-4-7-18(23)22(16)28)13-26-25-27-20(14-32-25)19-12-15-5-1-2-8-21(15)31-24(19)30/h1-2,5,8,11-14,29H,3-4,6-7,9-10H2/b26-13+. The molecule has 0 amide bonds. The van der Waals surface area contributed by atoms with Gasteiger partial charge >= 0.3 is 5.63 Å². The summed E-state index contributed by atoms with van der Waals surface area (Å²) in [5.41, 5.74) is 5.40. The van der Waals surface area contributed by atoms with Gasteiger partial charge in [0, 0.05) is 46.9 Å². The largest absolute Gasteiger partial charge is 0.507 e. The summed E-state index contributed by atoms with van der Waals surface area (Å²) in [6.07, 6.45) is 5.80. The van der Waals surface area contributed by atoms with E-state index in [1.165, 1.54) is 22.6 Å². The first kappa shape index (κ1) is 19.3. The fraction of sp³-hybridized carbons (Fsp3) is 0.240. The van der Waals surface area contributed by atoms with E-state index in [0.29, 0.717) is 27.7 Å². The zero-order chi connectivity index (χ0) is 21.7. The SMILES string of the molecule is O=c1oc2ccccc2cc1-c1csc(/N=C/c2cc3c4c(c2O)CCCN4CCC3)n1. The molecule has 2 aromatic carbocycles. The van der Waals surface area contributed by atoms with Crippen molar-refractivity contribution in [3.05, 3.63) is 68.9 Å². The molecular weight excluding hydrogens is 422 g/mol. The van der Waals surface area contributed by atoms with Crippen molar-refractivity contribution in [3.63, 3.8) is 0 Å². The fourth-order valence-corrected chi connectivity index (χ4v) is 5.44. The van der Waals surface area contributed by atoms with E-state index in [-0.39, 0.29) is 0 Å². The third kappa shape index (κ3) is 3.20. The molecule has 6 nitrogen and oxygen atoms in total. The summed E-state index contributed by atoms with van der Waals surface area (Å²) in [7, 11) is 0. The third-order valence-electron chi connectivity index (χ3n) is 6.25. The van der Waals surface area contributed by atoms with Crippen LogP contribution >= 0.6 is 11.3 Å².